The molecule has 2 heteroatoms. The number of aryl methyl sites for hydroxylation is 2. The van der Waals surface area contributed by atoms with Crippen LogP contribution < -0.4 is 5.73 Å². The number of rotatable bonds is 2. The molecule has 1 heterocycles. The minimum absolute atomic E-state index is 0.0112. The van der Waals surface area contributed by atoms with Gasteiger partial charge in [0.05, 0.1) is 6.04 Å². The Bertz CT molecular complexity index is 484. The average Bonchev–Trinajstić information content (AvgIpc) is 2.60. The molecule has 2 nitrogen and oxygen atoms in total. The molecule has 0 fully saturated rings. The molecule has 0 spiro atoms. The Balaban J connectivity index is 2.60. The fraction of sp³-hybridized carbons (Fsp3) is 0.385. The average molecular weight is 203 g/mol. The lowest BCUT2D eigenvalue weighted by atomic mass is 10.1. The Kier molecular flexibility index (Phi) is 2.53. The van der Waals surface area contributed by atoms with Crippen LogP contribution in [0.15, 0.2) is 22.6 Å². The highest BCUT2D eigenvalue weighted by atomic mass is 16.3. The number of hydrogen-bond acceptors (Lipinski definition) is 2. The van der Waals surface area contributed by atoms with Crippen molar-refractivity contribution in [1.29, 1.82) is 0 Å². The Hall–Kier alpha value is -1.28. The molecule has 0 saturated carbocycles. The minimum Gasteiger partial charge on any atom is -0.459 e. The van der Waals surface area contributed by atoms with Gasteiger partial charge in [-0.25, -0.2) is 0 Å². The van der Waals surface area contributed by atoms with Crippen LogP contribution >= 0.6 is 0 Å². The van der Waals surface area contributed by atoms with Crippen molar-refractivity contribution in [2.45, 2.75) is 33.2 Å². The molecule has 0 radical (unpaired) electrons. The maximum Gasteiger partial charge on any atom is 0.134 e. The zero-order chi connectivity index (χ0) is 11.0. The molecular formula is C13H17NO. The molecule has 0 aliphatic carbocycles. The minimum atomic E-state index is 0.0112. The predicted molar refractivity (Wildman–Crippen MR) is 62.9 cm³/mol. The third kappa shape index (κ3) is 1.77. The van der Waals surface area contributed by atoms with Crippen molar-refractivity contribution < 1.29 is 4.42 Å². The summed E-state index contributed by atoms with van der Waals surface area (Å²) in [5, 5.41) is 1.18. The van der Waals surface area contributed by atoms with Crippen LogP contribution in [0.5, 0.6) is 0 Å². The first-order valence-corrected chi connectivity index (χ1v) is 5.38. The highest BCUT2D eigenvalue weighted by molar-refractivity contribution is 5.82. The first-order valence-electron chi connectivity index (χ1n) is 5.38. The van der Waals surface area contributed by atoms with Gasteiger partial charge in [-0.2, -0.15) is 0 Å². The Labute approximate surface area is 90.1 Å². The number of hydrogen-bond donors (Lipinski definition) is 1. The summed E-state index contributed by atoms with van der Waals surface area (Å²) in [5.74, 6) is 0.890. The van der Waals surface area contributed by atoms with E-state index in [9.17, 15) is 0 Å². The topological polar surface area (TPSA) is 39.2 Å². The summed E-state index contributed by atoms with van der Waals surface area (Å²) >= 11 is 0. The van der Waals surface area contributed by atoms with E-state index in [2.05, 4.69) is 39.0 Å². The van der Waals surface area contributed by atoms with E-state index in [-0.39, 0.29) is 6.04 Å². The van der Waals surface area contributed by atoms with Gasteiger partial charge in [0.1, 0.15) is 11.3 Å². The van der Waals surface area contributed by atoms with Crippen molar-refractivity contribution in [3.63, 3.8) is 0 Å². The molecule has 0 saturated heterocycles. The van der Waals surface area contributed by atoms with E-state index in [1.807, 2.05) is 0 Å². The van der Waals surface area contributed by atoms with Crippen LogP contribution in [0.2, 0.25) is 0 Å². The monoisotopic (exact) mass is 203 g/mol. The van der Waals surface area contributed by atoms with Gasteiger partial charge < -0.3 is 10.2 Å². The van der Waals surface area contributed by atoms with Gasteiger partial charge in [0.15, 0.2) is 0 Å². The van der Waals surface area contributed by atoms with Gasteiger partial charge in [-0.15, -0.1) is 0 Å². The zero-order valence-corrected chi connectivity index (χ0v) is 9.50. The molecule has 0 aliphatic rings. The third-order valence-electron chi connectivity index (χ3n) is 2.81. The van der Waals surface area contributed by atoms with E-state index in [0.29, 0.717) is 0 Å². The van der Waals surface area contributed by atoms with Gasteiger partial charge in [0.25, 0.3) is 0 Å². The molecule has 80 valence electrons. The molecule has 0 aliphatic heterocycles. The summed E-state index contributed by atoms with van der Waals surface area (Å²) in [6, 6.07) is 6.31. The van der Waals surface area contributed by atoms with Crippen LogP contribution in [0.25, 0.3) is 11.0 Å². The third-order valence-corrected chi connectivity index (χ3v) is 2.81. The van der Waals surface area contributed by atoms with E-state index < -0.39 is 0 Å². The lowest BCUT2D eigenvalue weighted by molar-refractivity contribution is 0.488. The summed E-state index contributed by atoms with van der Waals surface area (Å²) in [5.41, 5.74) is 9.38. The maximum atomic E-state index is 5.95. The van der Waals surface area contributed by atoms with E-state index in [1.165, 1.54) is 16.5 Å². The fourth-order valence-electron chi connectivity index (χ4n) is 1.89. The summed E-state index contributed by atoms with van der Waals surface area (Å²) in [7, 11) is 0. The van der Waals surface area contributed by atoms with Crippen molar-refractivity contribution in [1.82, 2.24) is 0 Å². The lowest BCUT2D eigenvalue weighted by Gasteiger charge is -2.02. The van der Waals surface area contributed by atoms with E-state index in [1.54, 1.807) is 0 Å². The quantitative estimate of drug-likeness (QED) is 0.811. The second-order valence-electron chi connectivity index (χ2n) is 4.16. The number of nitrogens with two attached hydrogens (primary N) is 1. The normalized spacial score (nSPS) is 13.3. The first kappa shape index (κ1) is 10.2. The van der Waals surface area contributed by atoms with Gasteiger partial charge in [0, 0.05) is 5.39 Å². The molecule has 0 bridgehead atoms. The van der Waals surface area contributed by atoms with Crippen LogP contribution in [-0.4, -0.2) is 0 Å². The Morgan fingerprint density at radius 1 is 1.27 bits per heavy atom. The molecule has 2 aromatic rings. The van der Waals surface area contributed by atoms with Gasteiger partial charge in [-0.05, 0) is 43.5 Å². The molecule has 1 atom stereocenters. The van der Waals surface area contributed by atoms with Crippen LogP contribution in [0.4, 0.5) is 0 Å². The van der Waals surface area contributed by atoms with Crippen molar-refractivity contribution >= 4 is 11.0 Å². The second-order valence-corrected chi connectivity index (χ2v) is 4.16. The van der Waals surface area contributed by atoms with Crippen LogP contribution in [0, 0.1) is 13.8 Å². The number of furan rings is 1. The van der Waals surface area contributed by atoms with E-state index in [4.69, 9.17) is 10.2 Å². The van der Waals surface area contributed by atoms with Crippen LogP contribution in [0.3, 0.4) is 0 Å². The van der Waals surface area contributed by atoms with Gasteiger partial charge in [-0.3, -0.25) is 0 Å². The van der Waals surface area contributed by atoms with Gasteiger partial charge in [-0.1, -0.05) is 13.0 Å². The van der Waals surface area contributed by atoms with E-state index in [0.717, 1.165) is 17.8 Å². The Morgan fingerprint density at radius 3 is 2.67 bits per heavy atom. The summed E-state index contributed by atoms with van der Waals surface area (Å²) < 4.78 is 5.76. The highest BCUT2D eigenvalue weighted by Gasteiger charge is 2.11. The Morgan fingerprint density at radius 2 is 2.00 bits per heavy atom. The van der Waals surface area contributed by atoms with Crippen LogP contribution in [-0.2, 0) is 0 Å². The zero-order valence-electron chi connectivity index (χ0n) is 9.50. The van der Waals surface area contributed by atoms with Crippen molar-refractivity contribution in [3.8, 4) is 0 Å². The standard InChI is InChI=1S/C13H17NO/c1-4-11(14)13-7-10-9(3)5-8(2)6-12(10)15-13/h5-7,11H,4,14H2,1-3H3. The highest BCUT2D eigenvalue weighted by Crippen LogP contribution is 2.27. The summed E-state index contributed by atoms with van der Waals surface area (Å²) in [6.07, 6.45) is 0.901. The van der Waals surface area contributed by atoms with E-state index >= 15 is 0 Å². The molecule has 1 aromatic carbocycles. The largest absolute Gasteiger partial charge is 0.459 e. The van der Waals surface area contributed by atoms with Crippen molar-refractivity contribution in [2.75, 3.05) is 0 Å². The maximum absolute atomic E-state index is 5.95. The van der Waals surface area contributed by atoms with Gasteiger partial charge in [0.2, 0.25) is 0 Å². The molecule has 2 N–H and O–H groups in total. The van der Waals surface area contributed by atoms with Crippen molar-refractivity contribution in [2.24, 2.45) is 5.73 Å². The molecule has 2 rings (SSSR count). The molecule has 0 amide bonds. The van der Waals surface area contributed by atoms with Gasteiger partial charge >= 0.3 is 0 Å². The SMILES string of the molecule is CCC(N)c1cc2c(C)cc(C)cc2o1. The fourth-order valence-corrected chi connectivity index (χ4v) is 1.89. The number of fused-ring (bicyclic) bond motifs is 1. The molecule has 1 unspecified atom stereocenters. The summed E-state index contributed by atoms with van der Waals surface area (Å²) in [4.78, 5) is 0. The predicted octanol–water partition coefficient (Wildman–Crippen LogP) is 3.46. The van der Waals surface area contributed by atoms with Crippen molar-refractivity contribution in [3.05, 3.63) is 35.1 Å². The molecular weight excluding hydrogens is 186 g/mol. The second kappa shape index (κ2) is 3.70. The number of benzene rings is 1. The first-order chi connectivity index (χ1) is 7.11. The summed E-state index contributed by atoms with van der Waals surface area (Å²) in [6.45, 7) is 6.25. The lowest BCUT2D eigenvalue weighted by Crippen LogP contribution is -2.06. The van der Waals surface area contributed by atoms with Crippen LogP contribution in [0.1, 0.15) is 36.3 Å². The molecule has 1 aromatic heterocycles. The molecule has 15 heavy (non-hydrogen) atoms. The smallest absolute Gasteiger partial charge is 0.134 e.